The van der Waals surface area contributed by atoms with Crippen LogP contribution < -0.4 is 5.32 Å². The summed E-state index contributed by atoms with van der Waals surface area (Å²) in [6.45, 7) is 0.867. The summed E-state index contributed by atoms with van der Waals surface area (Å²) in [7, 11) is 0. The zero-order valence-corrected chi connectivity index (χ0v) is 10.9. The molecule has 17 heavy (non-hydrogen) atoms. The first kappa shape index (κ1) is 11.2. The zero-order valence-electron chi connectivity index (χ0n) is 9.32. The third-order valence-corrected chi connectivity index (χ3v) is 4.06. The van der Waals surface area contributed by atoms with E-state index in [2.05, 4.69) is 15.7 Å². The SMILES string of the molecule is Clc1ccccc1-c1nc(CNC2CC2)cs1. The smallest absolute Gasteiger partial charge is 0.125 e. The third-order valence-electron chi connectivity index (χ3n) is 2.81. The van der Waals surface area contributed by atoms with Gasteiger partial charge in [-0.25, -0.2) is 4.98 Å². The van der Waals surface area contributed by atoms with Gasteiger partial charge < -0.3 is 5.32 Å². The molecule has 0 spiro atoms. The summed E-state index contributed by atoms with van der Waals surface area (Å²) in [5.41, 5.74) is 2.13. The Morgan fingerprint density at radius 2 is 2.18 bits per heavy atom. The number of nitrogens with one attached hydrogen (secondary N) is 1. The Morgan fingerprint density at radius 1 is 1.35 bits per heavy atom. The molecule has 3 rings (SSSR count). The lowest BCUT2D eigenvalue weighted by Gasteiger charge is -1.99. The van der Waals surface area contributed by atoms with Gasteiger partial charge in [0.05, 0.1) is 10.7 Å². The van der Waals surface area contributed by atoms with Crippen LogP contribution >= 0.6 is 22.9 Å². The molecule has 4 heteroatoms. The number of hydrogen-bond donors (Lipinski definition) is 1. The number of benzene rings is 1. The van der Waals surface area contributed by atoms with Crippen LogP contribution in [0.3, 0.4) is 0 Å². The lowest BCUT2D eigenvalue weighted by molar-refractivity contribution is 0.678. The molecule has 1 aliphatic carbocycles. The number of aromatic nitrogens is 1. The standard InChI is InChI=1S/C13H13ClN2S/c14-12-4-2-1-3-11(12)13-16-10(8-17-13)7-15-9-5-6-9/h1-4,8-9,15H,5-7H2. The molecule has 0 atom stereocenters. The van der Waals surface area contributed by atoms with Crippen molar-refractivity contribution in [3.05, 3.63) is 40.4 Å². The Labute approximate surface area is 110 Å². The van der Waals surface area contributed by atoms with Crippen molar-refractivity contribution in [2.75, 3.05) is 0 Å². The average Bonchev–Trinajstić information content (AvgIpc) is 3.06. The van der Waals surface area contributed by atoms with Crippen LogP contribution in [0, 0.1) is 0 Å². The summed E-state index contributed by atoms with van der Waals surface area (Å²) < 4.78 is 0. The van der Waals surface area contributed by atoms with Crippen molar-refractivity contribution in [3.8, 4) is 10.6 Å². The molecule has 0 aliphatic heterocycles. The second-order valence-electron chi connectivity index (χ2n) is 4.28. The molecule has 1 saturated carbocycles. The van der Waals surface area contributed by atoms with Gasteiger partial charge in [-0.05, 0) is 18.9 Å². The van der Waals surface area contributed by atoms with Crippen molar-refractivity contribution in [2.45, 2.75) is 25.4 Å². The number of halogens is 1. The van der Waals surface area contributed by atoms with Crippen LogP contribution in [0.4, 0.5) is 0 Å². The van der Waals surface area contributed by atoms with Gasteiger partial charge in [0, 0.05) is 23.5 Å². The van der Waals surface area contributed by atoms with E-state index in [0.717, 1.165) is 33.9 Å². The van der Waals surface area contributed by atoms with E-state index in [1.54, 1.807) is 11.3 Å². The van der Waals surface area contributed by atoms with Gasteiger partial charge >= 0.3 is 0 Å². The number of hydrogen-bond acceptors (Lipinski definition) is 3. The molecule has 2 nitrogen and oxygen atoms in total. The van der Waals surface area contributed by atoms with Gasteiger partial charge in [0.15, 0.2) is 0 Å². The topological polar surface area (TPSA) is 24.9 Å². The molecular weight excluding hydrogens is 252 g/mol. The normalized spacial score (nSPS) is 15.1. The molecule has 1 aromatic carbocycles. The van der Waals surface area contributed by atoms with Crippen molar-refractivity contribution < 1.29 is 0 Å². The van der Waals surface area contributed by atoms with Gasteiger partial charge in [-0.2, -0.15) is 0 Å². The summed E-state index contributed by atoms with van der Waals surface area (Å²) in [5.74, 6) is 0. The summed E-state index contributed by atoms with van der Waals surface area (Å²) in [4.78, 5) is 4.61. The molecule has 1 N–H and O–H groups in total. The van der Waals surface area contributed by atoms with Crippen molar-refractivity contribution in [2.24, 2.45) is 0 Å². The largest absolute Gasteiger partial charge is 0.308 e. The predicted octanol–water partition coefficient (Wildman–Crippen LogP) is 3.72. The van der Waals surface area contributed by atoms with E-state index in [-0.39, 0.29) is 0 Å². The highest BCUT2D eigenvalue weighted by molar-refractivity contribution is 7.13. The first-order chi connectivity index (χ1) is 8.33. The lowest BCUT2D eigenvalue weighted by atomic mass is 10.2. The van der Waals surface area contributed by atoms with Crippen molar-refractivity contribution in [3.63, 3.8) is 0 Å². The van der Waals surface area contributed by atoms with Crippen LogP contribution in [-0.2, 0) is 6.54 Å². The quantitative estimate of drug-likeness (QED) is 0.911. The fourth-order valence-corrected chi connectivity index (χ4v) is 2.82. The van der Waals surface area contributed by atoms with E-state index >= 15 is 0 Å². The third kappa shape index (κ3) is 2.68. The number of rotatable bonds is 4. The molecule has 0 radical (unpaired) electrons. The van der Waals surface area contributed by atoms with Gasteiger partial charge in [-0.1, -0.05) is 29.8 Å². The minimum atomic E-state index is 0.723. The van der Waals surface area contributed by atoms with E-state index in [9.17, 15) is 0 Å². The van der Waals surface area contributed by atoms with Crippen molar-refractivity contribution in [1.82, 2.24) is 10.3 Å². The summed E-state index contributed by atoms with van der Waals surface area (Å²) in [6.07, 6.45) is 2.61. The van der Waals surface area contributed by atoms with Gasteiger partial charge in [0.1, 0.15) is 5.01 Å². The van der Waals surface area contributed by atoms with Crippen LogP contribution in [0.5, 0.6) is 0 Å². The maximum absolute atomic E-state index is 6.16. The second kappa shape index (κ2) is 4.77. The second-order valence-corrected chi connectivity index (χ2v) is 5.54. The Balaban J connectivity index is 1.77. The fraction of sp³-hybridized carbons (Fsp3) is 0.308. The first-order valence-corrected chi connectivity index (χ1v) is 7.01. The molecule has 0 bridgehead atoms. The maximum atomic E-state index is 6.16. The number of thiazole rings is 1. The first-order valence-electron chi connectivity index (χ1n) is 5.75. The van der Waals surface area contributed by atoms with Crippen LogP contribution in [-0.4, -0.2) is 11.0 Å². The van der Waals surface area contributed by atoms with Crippen LogP contribution in [0.15, 0.2) is 29.6 Å². The van der Waals surface area contributed by atoms with E-state index in [1.807, 2.05) is 24.3 Å². The molecule has 0 unspecified atom stereocenters. The van der Waals surface area contributed by atoms with Crippen molar-refractivity contribution >= 4 is 22.9 Å². The molecule has 0 amide bonds. The van der Waals surface area contributed by atoms with Gasteiger partial charge in [-0.15, -0.1) is 11.3 Å². The van der Waals surface area contributed by atoms with E-state index in [1.165, 1.54) is 12.8 Å². The molecule has 0 saturated heterocycles. The van der Waals surface area contributed by atoms with Crippen LogP contribution in [0.2, 0.25) is 5.02 Å². The Hall–Kier alpha value is -0.900. The molecule has 2 aromatic rings. The molecule has 88 valence electrons. The summed E-state index contributed by atoms with van der Waals surface area (Å²) in [5, 5.41) is 7.34. The summed E-state index contributed by atoms with van der Waals surface area (Å²) >= 11 is 7.81. The highest BCUT2D eigenvalue weighted by Crippen LogP contribution is 2.30. The van der Waals surface area contributed by atoms with Gasteiger partial charge in [-0.3, -0.25) is 0 Å². The predicted molar refractivity (Wildman–Crippen MR) is 72.4 cm³/mol. The number of nitrogens with zero attached hydrogens (tertiary/aromatic N) is 1. The highest BCUT2D eigenvalue weighted by Gasteiger charge is 2.20. The minimum Gasteiger partial charge on any atom is -0.308 e. The summed E-state index contributed by atoms with van der Waals surface area (Å²) in [6, 6.07) is 8.57. The Kier molecular flexibility index (Phi) is 3.14. The maximum Gasteiger partial charge on any atom is 0.125 e. The molecular formula is C13H13ClN2S. The Bertz CT molecular complexity index is 520. The molecule has 1 aliphatic rings. The Morgan fingerprint density at radius 3 is 2.94 bits per heavy atom. The van der Waals surface area contributed by atoms with Gasteiger partial charge in [0.25, 0.3) is 0 Å². The van der Waals surface area contributed by atoms with Gasteiger partial charge in [0.2, 0.25) is 0 Å². The van der Waals surface area contributed by atoms with E-state index in [4.69, 9.17) is 11.6 Å². The van der Waals surface area contributed by atoms with Crippen LogP contribution in [0.1, 0.15) is 18.5 Å². The molecule has 1 aromatic heterocycles. The molecule has 1 fully saturated rings. The zero-order chi connectivity index (χ0) is 11.7. The monoisotopic (exact) mass is 264 g/mol. The van der Waals surface area contributed by atoms with E-state index in [0.29, 0.717) is 0 Å². The lowest BCUT2D eigenvalue weighted by Crippen LogP contribution is -2.15. The molecule has 1 heterocycles. The van der Waals surface area contributed by atoms with Crippen LogP contribution in [0.25, 0.3) is 10.6 Å². The average molecular weight is 265 g/mol. The fourth-order valence-electron chi connectivity index (χ4n) is 1.68. The van der Waals surface area contributed by atoms with Crippen molar-refractivity contribution in [1.29, 1.82) is 0 Å². The van der Waals surface area contributed by atoms with E-state index < -0.39 is 0 Å². The minimum absolute atomic E-state index is 0.723. The highest BCUT2D eigenvalue weighted by atomic mass is 35.5.